The van der Waals surface area contributed by atoms with E-state index in [9.17, 15) is 18.4 Å². The van der Waals surface area contributed by atoms with Crippen molar-refractivity contribution < 1.29 is 13.6 Å². The summed E-state index contributed by atoms with van der Waals surface area (Å²) in [5.74, 6) is -2.12. The van der Waals surface area contributed by atoms with Crippen LogP contribution in [0.3, 0.4) is 0 Å². The van der Waals surface area contributed by atoms with Gasteiger partial charge in [0.2, 0.25) is 0 Å². The van der Waals surface area contributed by atoms with Crippen molar-refractivity contribution in [1.29, 1.82) is 0 Å². The van der Waals surface area contributed by atoms with E-state index in [0.717, 1.165) is 12.1 Å². The molecule has 8 heteroatoms. The SMILES string of the molecule is CCCn1nc(C(=O)N/N=C(\C)c2ccc(F)cc2F)c2ccccc2c1=O. The van der Waals surface area contributed by atoms with Crippen LogP contribution in [-0.4, -0.2) is 21.4 Å². The van der Waals surface area contributed by atoms with E-state index in [1.807, 2.05) is 6.92 Å². The number of fused-ring (bicyclic) bond motifs is 1. The van der Waals surface area contributed by atoms with E-state index < -0.39 is 17.5 Å². The van der Waals surface area contributed by atoms with Crippen molar-refractivity contribution in [3.05, 3.63) is 75.7 Å². The van der Waals surface area contributed by atoms with Crippen LogP contribution in [0.5, 0.6) is 0 Å². The summed E-state index contributed by atoms with van der Waals surface area (Å²) in [4.78, 5) is 25.1. The minimum atomic E-state index is -0.782. The number of carbonyl (C=O) groups is 1. The van der Waals surface area contributed by atoms with Crippen LogP contribution < -0.4 is 11.0 Å². The van der Waals surface area contributed by atoms with Crippen LogP contribution in [-0.2, 0) is 6.54 Å². The number of carbonyl (C=O) groups excluding carboxylic acids is 1. The number of hydrogen-bond donors (Lipinski definition) is 1. The van der Waals surface area contributed by atoms with Gasteiger partial charge in [0.05, 0.1) is 11.1 Å². The summed E-state index contributed by atoms with van der Waals surface area (Å²) in [6, 6.07) is 9.76. The van der Waals surface area contributed by atoms with E-state index in [4.69, 9.17) is 0 Å². The maximum absolute atomic E-state index is 13.9. The molecular weight excluding hydrogens is 366 g/mol. The van der Waals surface area contributed by atoms with Gasteiger partial charge in [-0.25, -0.2) is 18.9 Å². The van der Waals surface area contributed by atoms with Crippen LogP contribution in [0.1, 0.15) is 36.3 Å². The van der Waals surface area contributed by atoms with Gasteiger partial charge >= 0.3 is 0 Å². The Balaban J connectivity index is 1.97. The molecule has 6 nitrogen and oxygen atoms in total. The average molecular weight is 384 g/mol. The van der Waals surface area contributed by atoms with Gasteiger partial charge in [-0.3, -0.25) is 9.59 Å². The van der Waals surface area contributed by atoms with Gasteiger partial charge in [-0.15, -0.1) is 0 Å². The van der Waals surface area contributed by atoms with Gasteiger partial charge < -0.3 is 0 Å². The highest BCUT2D eigenvalue weighted by Gasteiger charge is 2.16. The third-order valence-corrected chi connectivity index (χ3v) is 4.16. The van der Waals surface area contributed by atoms with Crippen molar-refractivity contribution in [3.8, 4) is 0 Å². The van der Waals surface area contributed by atoms with Crippen molar-refractivity contribution in [2.75, 3.05) is 0 Å². The van der Waals surface area contributed by atoms with Gasteiger partial charge in [0, 0.05) is 23.6 Å². The van der Waals surface area contributed by atoms with E-state index in [2.05, 4.69) is 15.6 Å². The minimum absolute atomic E-state index is 0.0415. The molecule has 2 aromatic carbocycles. The zero-order valence-electron chi connectivity index (χ0n) is 15.4. The number of halogens is 2. The molecule has 0 fully saturated rings. The second-order valence-corrected chi connectivity index (χ2v) is 6.18. The number of hydrazone groups is 1. The second-order valence-electron chi connectivity index (χ2n) is 6.18. The fourth-order valence-electron chi connectivity index (χ4n) is 2.80. The average Bonchev–Trinajstić information content (AvgIpc) is 2.68. The fourth-order valence-corrected chi connectivity index (χ4v) is 2.80. The van der Waals surface area contributed by atoms with Crippen LogP contribution in [0.2, 0.25) is 0 Å². The zero-order chi connectivity index (χ0) is 20.3. The molecule has 1 aromatic heterocycles. The Bertz CT molecular complexity index is 1140. The van der Waals surface area contributed by atoms with E-state index >= 15 is 0 Å². The molecule has 0 aliphatic heterocycles. The van der Waals surface area contributed by atoms with Crippen LogP contribution >= 0.6 is 0 Å². The Morgan fingerprint density at radius 2 is 1.89 bits per heavy atom. The molecule has 0 unspecified atom stereocenters. The van der Waals surface area contributed by atoms with Gasteiger partial charge in [-0.1, -0.05) is 25.1 Å². The van der Waals surface area contributed by atoms with Crippen molar-refractivity contribution in [2.45, 2.75) is 26.8 Å². The molecule has 1 heterocycles. The molecule has 0 radical (unpaired) electrons. The standard InChI is InChI=1S/C20H18F2N4O2/c1-3-10-26-20(28)16-7-5-4-6-15(16)18(25-26)19(27)24-23-12(2)14-9-8-13(21)11-17(14)22/h4-9,11H,3,10H2,1-2H3,(H,24,27)/b23-12+. The monoisotopic (exact) mass is 384 g/mol. The summed E-state index contributed by atoms with van der Waals surface area (Å²) in [6.45, 7) is 3.75. The van der Waals surface area contributed by atoms with Gasteiger partial charge in [0.25, 0.3) is 11.5 Å². The number of amides is 1. The van der Waals surface area contributed by atoms with E-state index in [-0.39, 0.29) is 22.5 Å². The smallest absolute Gasteiger partial charge is 0.267 e. The molecule has 0 aliphatic carbocycles. The minimum Gasteiger partial charge on any atom is -0.267 e. The Kier molecular flexibility index (Phi) is 5.58. The lowest BCUT2D eigenvalue weighted by atomic mass is 10.1. The number of aromatic nitrogens is 2. The Labute approximate surface area is 159 Å². The lowest BCUT2D eigenvalue weighted by Gasteiger charge is -2.10. The maximum Gasteiger partial charge on any atom is 0.292 e. The van der Waals surface area contributed by atoms with Crippen molar-refractivity contribution >= 4 is 22.4 Å². The van der Waals surface area contributed by atoms with Crippen molar-refractivity contribution in [1.82, 2.24) is 15.2 Å². The summed E-state index contributed by atoms with van der Waals surface area (Å²) in [7, 11) is 0. The summed E-state index contributed by atoms with van der Waals surface area (Å²) >= 11 is 0. The molecule has 1 N–H and O–H groups in total. The Morgan fingerprint density at radius 3 is 2.57 bits per heavy atom. The molecule has 0 spiro atoms. The van der Waals surface area contributed by atoms with Crippen LogP contribution in [0.25, 0.3) is 10.8 Å². The Hall–Kier alpha value is -3.42. The Morgan fingerprint density at radius 1 is 1.18 bits per heavy atom. The van der Waals surface area contributed by atoms with Gasteiger partial charge in [-0.05, 0) is 31.5 Å². The quantitative estimate of drug-likeness (QED) is 0.542. The van der Waals surface area contributed by atoms with Crippen molar-refractivity contribution in [3.63, 3.8) is 0 Å². The number of aryl methyl sites for hydroxylation is 1. The van der Waals surface area contributed by atoms with Crippen LogP contribution in [0.15, 0.2) is 52.4 Å². The molecule has 0 bridgehead atoms. The molecule has 0 saturated carbocycles. The summed E-state index contributed by atoms with van der Waals surface area (Å²) in [6.07, 6.45) is 0.674. The normalized spacial score (nSPS) is 11.6. The molecule has 144 valence electrons. The maximum atomic E-state index is 13.9. The first kappa shape index (κ1) is 19.3. The molecule has 0 saturated heterocycles. The molecule has 28 heavy (non-hydrogen) atoms. The van der Waals surface area contributed by atoms with Gasteiger partial charge in [0.1, 0.15) is 11.6 Å². The van der Waals surface area contributed by atoms with E-state index in [1.54, 1.807) is 24.3 Å². The molecular formula is C20H18F2N4O2. The molecule has 0 atom stereocenters. The topological polar surface area (TPSA) is 76.3 Å². The molecule has 3 aromatic rings. The van der Waals surface area contributed by atoms with E-state index in [1.165, 1.54) is 17.7 Å². The summed E-state index contributed by atoms with van der Waals surface area (Å²) in [5.41, 5.74) is 2.33. The zero-order valence-corrected chi connectivity index (χ0v) is 15.4. The molecule has 0 aliphatic rings. The van der Waals surface area contributed by atoms with E-state index in [0.29, 0.717) is 23.7 Å². The predicted molar refractivity (Wildman–Crippen MR) is 102 cm³/mol. The van der Waals surface area contributed by atoms with Gasteiger partial charge in [-0.2, -0.15) is 10.2 Å². The highest BCUT2D eigenvalue weighted by Crippen LogP contribution is 2.14. The van der Waals surface area contributed by atoms with Crippen LogP contribution in [0, 0.1) is 11.6 Å². The summed E-state index contributed by atoms with van der Waals surface area (Å²) < 4.78 is 28.1. The third kappa shape index (κ3) is 3.80. The largest absolute Gasteiger partial charge is 0.292 e. The highest BCUT2D eigenvalue weighted by atomic mass is 19.1. The number of nitrogens with zero attached hydrogens (tertiary/aromatic N) is 3. The number of nitrogens with one attached hydrogen (secondary N) is 1. The number of benzene rings is 2. The van der Waals surface area contributed by atoms with Crippen LogP contribution in [0.4, 0.5) is 8.78 Å². The lowest BCUT2D eigenvalue weighted by Crippen LogP contribution is -2.29. The number of hydrogen-bond acceptors (Lipinski definition) is 4. The predicted octanol–water partition coefficient (Wildman–Crippen LogP) is 3.24. The summed E-state index contributed by atoms with van der Waals surface area (Å²) in [5, 5.41) is 8.84. The van der Waals surface area contributed by atoms with Crippen molar-refractivity contribution in [2.24, 2.45) is 5.10 Å². The number of rotatable bonds is 5. The molecule has 1 amide bonds. The lowest BCUT2D eigenvalue weighted by molar-refractivity contribution is 0.0949. The highest BCUT2D eigenvalue weighted by molar-refractivity contribution is 6.06. The molecule has 3 rings (SSSR count). The first-order valence-electron chi connectivity index (χ1n) is 8.72. The third-order valence-electron chi connectivity index (χ3n) is 4.16. The van der Waals surface area contributed by atoms with Gasteiger partial charge in [0.15, 0.2) is 5.69 Å². The fraction of sp³-hybridized carbons (Fsp3) is 0.200. The first-order chi connectivity index (χ1) is 13.4. The second kappa shape index (κ2) is 8.08. The first-order valence-corrected chi connectivity index (χ1v) is 8.72.